The Balaban J connectivity index is 1.62. The third-order valence-corrected chi connectivity index (χ3v) is 13.5. The average Bonchev–Trinajstić information content (AvgIpc) is 3.20. The zero-order valence-corrected chi connectivity index (χ0v) is 40.2. The lowest BCUT2D eigenvalue weighted by Crippen LogP contribution is -2.62. The van der Waals surface area contributed by atoms with E-state index in [1.54, 1.807) is 0 Å². The van der Waals surface area contributed by atoms with Gasteiger partial charge in [0, 0.05) is 31.3 Å². The first-order valence-electron chi connectivity index (χ1n) is 26.0. The molecule has 1 spiro atoms. The van der Waals surface area contributed by atoms with E-state index >= 15 is 0 Å². The van der Waals surface area contributed by atoms with Crippen LogP contribution in [0.3, 0.4) is 0 Å². The van der Waals surface area contributed by atoms with E-state index in [2.05, 4.69) is 39.6 Å². The molecule has 2 rings (SSSR count). The van der Waals surface area contributed by atoms with E-state index in [0.717, 1.165) is 116 Å². The molecule has 8 nitrogen and oxygen atoms in total. The van der Waals surface area contributed by atoms with Crippen LogP contribution >= 0.6 is 0 Å². The lowest BCUT2D eigenvalue weighted by atomic mass is 9.62. The number of unbranched alkanes of at least 4 members (excludes halogenated alkanes) is 16. The Hall–Kier alpha value is -1.67. The highest BCUT2D eigenvalue weighted by Crippen LogP contribution is 2.49. The molecule has 60 heavy (non-hydrogen) atoms. The molecule has 0 amide bonds. The van der Waals surface area contributed by atoms with Crippen LogP contribution in [0.4, 0.5) is 0 Å². The van der Waals surface area contributed by atoms with Crippen molar-refractivity contribution in [2.75, 3.05) is 40.0 Å². The molecule has 1 heterocycles. The van der Waals surface area contributed by atoms with Gasteiger partial charge in [-0.15, -0.1) is 0 Å². The number of hydrogen-bond donors (Lipinski definition) is 0. The predicted octanol–water partition coefficient (Wildman–Crippen LogP) is 13.9. The van der Waals surface area contributed by atoms with Crippen LogP contribution in [0.1, 0.15) is 246 Å². The Morgan fingerprint density at radius 3 is 1.28 bits per heavy atom. The first kappa shape index (κ1) is 54.5. The van der Waals surface area contributed by atoms with Gasteiger partial charge < -0.3 is 23.8 Å². The SMILES string of the molecule is CCCCCC(CCCCC)CCOC(=O)CCCCCCCC(CCCCCCCC(=O)OCCC(CCCCC)CCCCC)OC(=O)COC1CC2(C1)CN(C)C2. The summed E-state index contributed by atoms with van der Waals surface area (Å²) in [6.45, 7) is 12.5. The van der Waals surface area contributed by atoms with Gasteiger partial charge in [-0.1, -0.05) is 169 Å². The zero-order chi connectivity index (χ0) is 43.5. The Morgan fingerprint density at radius 2 is 0.883 bits per heavy atom. The number of esters is 3. The summed E-state index contributed by atoms with van der Waals surface area (Å²) in [6.07, 6.45) is 37.5. The topological polar surface area (TPSA) is 91.4 Å². The second-order valence-corrected chi connectivity index (χ2v) is 19.5. The molecule has 8 heteroatoms. The van der Waals surface area contributed by atoms with Crippen molar-refractivity contribution in [2.45, 2.75) is 258 Å². The van der Waals surface area contributed by atoms with Crippen molar-refractivity contribution in [3.05, 3.63) is 0 Å². The quantitative estimate of drug-likeness (QED) is 0.0341. The van der Waals surface area contributed by atoms with Crippen LogP contribution in [-0.2, 0) is 33.3 Å². The van der Waals surface area contributed by atoms with Crippen molar-refractivity contribution in [3.63, 3.8) is 0 Å². The van der Waals surface area contributed by atoms with E-state index in [1.807, 2.05) is 0 Å². The molecule has 0 aromatic rings. The van der Waals surface area contributed by atoms with Gasteiger partial charge in [0.05, 0.1) is 19.3 Å². The fourth-order valence-electron chi connectivity index (χ4n) is 9.81. The molecule has 1 saturated carbocycles. The highest BCUT2D eigenvalue weighted by atomic mass is 16.6. The minimum Gasteiger partial charge on any atom is -0.466 e. The number of nitrogens with zero attached hydrogens (tertiary/aromatic N) is 1. The van der Waals surface area contributed by atoms with Crippen LogP contribution in [0.15, 0.2) is 0 Å². The second-order valence-electron chi connectivity index (χ2n) is 19.5. The van der Waals surface area contributed by atoms with Crippen molar-refractivity contribution in [1.29, 1.82) is 0 Å². The van der Waals surface area contributed by atoms with Crippen LogP contribution in [0.25, 0.3) is 0 Å². The lowest BCUT2D eigenvalue weighted by molar-refractivity contribution is -0.173. The molecule has 352 valence electrons. The summed E-state index contributed by atoms with van der Waals surface area (Å²) in [5.74, 6) is 1.05. The highest BCUT2D eigenvalue weighted by molar-refractivity contribution is 5.71. The highest BCUT2D eigenvalue weighted by Gasteiger charge is 2.51. The van der Waals surface area contributed by atoms with E-state index < -0.39 is 0 Å². The maximum absolute atomic E-state index is 12.9. The molecular formula is C52H97NO7. The Morgan fingerprint density at radius 1 is 0.500 bits per heavy atom. The summed E-state index contributed by atoms with van der Waals surface area (Å²) in [6, 6.07) is 0. The molecular weight excluding hydrogens is 751 g/mol. The van der Waals surface area contributed by atoms with E-state index in [1.165, 1.54) is 103 Å². The normalized spacial score (nSPS) is 15.2. The molecule has 0 radical (unpaired) electrons. The smallest absolute Gasteiger partial charge is 0.332 e. The molecule has 0 aromatic carbocycles. The van der Waals surface area contributed by atoms with Crippen molar-refractivity contribution >= 4 is 17.9 Å². The number of hydrogen-bond acceptors (Lipinski definition) is 8. The summed E-state index contributed by atoms with van der Waals surface area (Å²) >= 11 is 0. The fourth-order valence-corrected chi connectivity index (χ4v) is 9.81. The van der Waals surface area contributed by atoms with Gasteiger partial charge >= 0.3 is 17.9 Å². The maximum atomic E-state index is 12.9. The summed E-state index contributed by atoms with van der Waals surface area (Å²) < 4.78 is 23.3. The molecule has 2 fully saturated rings. The molecule has 2 aliphatic rings. The molecule has 1 aliphatic heterocycles. The second kappa shape index (κ2) is 35.8. The van der Waals surface area contributed by atoms with Crippen molar-refractivity contribution in [1.82, 2.24) is 4.90 Å². The van der Waals surface area contributed by atoms with Gasteiger partial charge in [-0.05, 0) is 83.1 Å². The standard InChI is InChI=1S/C52H97NO7/c1-6-10-20-28-45(29-21-11-7-2)36-38-57-49(54)34-26-18-14-16-24-32-47(60-51(56)42-59-48-40-52(41-48)43-53(5)44-52)33-25-17-15-19-27-35-50(55)58-39-37-46(30-22-12-8-3)31-23-13-9-4/h45-48H,6-44H2,1-5H3. The van der Waals surface area contributed by atoms with Crippen LogP contribution in [0, 0.1) is 17.3 Å². The van der Waals surface area contributed by atoms with Gasteiger partial charge in [0.2, 0.25) is 0 Å². The Bertz CT molecular complexity index is 977. The molecule has 1 aliphatic carbocycles. The summed E-state index contributed by atoms with van der Waals surface area (Å²) in [5.41, 5.74) is 0.433. The van der Waals surface area contributed by atoms with Crippen LogP contribution in [0.5, 0.6) is 0 Å². The lowest BCUT2D eigenvalue weighted by Gasteiger charge is -2.57. The minimum atomic E-state index is -0.231. The van der Waals surface area contributed by atoms with Crippen molar-refractivity contribution in [3.8, 4) is 0 Å². The average molecular weight is 848 g/mol. The summed E-state index contributed by atoms with van der Waals surface area (Å²) in [7, 11) is 2.16. The molecule has 1 saturated heterocycles. The molecule has 0 atom stereocenters. The third kappa shape index (κ3) is 27.4. The summed E-state index contributed by atoms with van der Waals surface area (Å²) in [5, 5.41) is 0. The number of likely N-dealkylation sites (tertiary alicyclic amines) is 1. The van der Waals surface area contributed by atoms with Gasteiger partial charge in [-0.25, -0.2) is 4.79 Å². The number of rotatable bonds is 42. The minimum absolute atomic E-state index is 0.0447. The predicted molar refractivity (Wildman–Crippen MR) is 248 cm³/mol. The molecule has 0 unspecified atom stereocenters. The van der Waals surface area contributed by atoms with Crippen LogP contribution in [-0.4, -0.2) is 75.0 Å². The molecule has 0 aromatic heterocycles. The van der Waals surface area contributed by atoms with E-state index in [-0.39, 0.29) is 36.7 Å². The van der Waals surface area contributed by atoms with Gasteiger partial charge in [0.15, 0.2) is 0 Å². The van der Waals surface area contributed by atoms with Gasteiger partial charge in [-0.3, -0.25) is 9.59 Å². The number of carbonyl (C=O) groups excluding carboxylic acids is 3. The monoisotopic (exact) mass is 848 g/mol. The first-order chi connectivity index (χ1) is 29.2. The number of carbonyl (C=O) groups is 3. The van der Waals surface area contributed by atoms with Crippen LogP contribution in [0.2, 0.25) is 0 Å². The van der Waals surface area contributed by atoms with E-state index in [0.29, 0.717) is 43.3 Å². The van der Waals surface area contributed by atoms with E-state index in [9.17, 15) is 14.4 Å². The van der Waals surface area contributed by atoms with Crippen LogP contribution < -0.4 is 0 Å². The molecule has 0 bridgehead atoms. The fraction of sp³-hybridized carbons (Fsp3) is 0.942. The largest absolute Gasteiger partial charge is 0.466 e. The Labute approximate surface area is 370 Å². The van der Waals surface area contributed by atoms with Crippen molar-refractivity contribution in [2.24, 2.45) is 17.3 Å². The first-order valence-corrected chi connectivity index (χ1v) is 26.0. The maximum Gasteiger partial charge on any atom is 0.332 e. The number of ether oxygens (including phenoxy) is 4. The van der Waals surface area contributed by atoms with E-state index in [4.69, 9.17) is 18.9 Å². The molecule has 0 N–H and O–H groups in total. The third-order valence-electron chi connectivity index (χ3n) is 13.5. The zero-order valence-electron chi connectivity index (χ0n) is 40.2. The van der Waals surface area contributed by atoms with Crippen molar-refractivity contribution < 1.29 is 33.3 Å². The Kier molecular flexibility index (Phi) is 32.5. The van der Waals surface area contributed by atoms with Gasteiger partial charge in [0.1, 0.15) is 12.7 Å². The summed E-state index contributed by atoms with van der Waals surface area (Å²) in [4.78, 5) is 40.1. The van der Waals surface area contributed by atoms with Gasteiger partial charge in [-0.2, -0.15) is 0 Å². The van der Waals surface area contributed by atoms with Gasteiger partial charge in [0.25, 0.3) is 0 Å².